The molecule has 0 fully saturated rings. The molecular weight excluding hydrogens is 132 g/mol. The summed E-state index contributed by atoms with van der Waals surface area (Å²) in [4.78, 5) is 0. The highest BCUT2D eigenvalue weighted by atomic mass is 16.5. The molecule has 0 aliphatic rings. The van der Waals surface area contributed by atoms with Gasteiger partial charge in [0.2, 0.25) is 5.76 Å². The first-order valence-corrected chi connectivity index (χ1v) is 2.67. The van der Waals surface area contributed by atoms with Gasteiger partial charge < -0.3 is 4.52 Å². The minimum atomic E-state index is 0.446. The Balaban J connectivity index is 2.48. The lowest BCUT2D eigenvalue weighted by Crippen LogP contribution is -1.72. The number of rotatable bonds is 1. The van der Waals surface area contributed by atoms with Gasteiger partial charge in [-0.25, -0.2) is 0 Å². The molecule has 0 spiro atoms. The molecule has 49 valence electrons. The quantitative estimate of drug-likeness (QED) is 0.609. The lowest BCUT2D eigenvalue weighted by Gasteiger charge is -1.78. The van der Waals surface area contributed by atoms with Gasteiger partial charge in [-0.2, -0.15) is 5.10 Å². The number of H-pyrrole nitrogens is 1. The highest BCUT2D eigenvalue weighted by Crippen LogP contribution is 2.11. The van der Waals surface area contributed by atoms with Gasteiger partial charge in [0.1, 0.15) is 5.69 Å². The predicted molar refractivity (Wildman–Crippen MR) is 30.7 cm³/mol. The summed E-state index contributed by atoms with van der Waals surface area (Å²) in [5.74, 6) is 0.446. The van der Waals surface area contributed by atoms with Gasteiger partial charge in [-0.3, -0.25) is 5.10 Å². The van der Waals surface area contributed by atoms with Crippen LogP contribution >= 0.6 is 0 Å². The SMILES string of the molecule is [c]1nnoc1-c1cc[nH]n1. The summed E-state index contributed by atoms with van der Waals surface area (Å²) >= 11 is 0. The van der Waals surface area contributed by atoms with E-state index < -0.39 is 0 Å². The average molecular weight is 135 g/mol. The number of aromatic nitrogens is 4. The van der Waals surface area contributed by atoms with E-state index in [1.807, 2.05) is 0 Å². The highest BCUT2D eigenvalue weighted by Gasteiger charge is 2.03. The molecule has 0 aliphatic carbocycles. The maximum absolute atomic E-state index is 4.68. The molecular formula is C5H3N4O. The van der Waals surface area contributed by atoms with Crippen LogP contribution in [0.2, 0.25) is 0 Å². The molecule has 5 nitrogen and oxygen atoms in total. The fourth-order valence-corrected chi connectivity index (χ4v) is 0.638. The van der Waals surface area contributed by atoms with Gasteiger partial charge in [0.15, 0.2) is 6.20 Å². The van der Waals surface area contributed by atoms with Crippen molar-refractivity contribution < 1.29 is 4.52 Å². The summed E-state index contributed by atoms with van der Waals surface area (Å²) in [7, 11) is 0. The molecule has 0 saturated carbocycles. The van der Waals surface area contributed by atoms with Crippen molar-refractivity contribution in [3.05, 3.63) is 18.5 Å². The summed E-state index contributed by atoms with van der Waals surface area (Å²) in [6.45, 7) is 0. The molecule has 0 aromatic carbocycles. The number of hydrogen-bond acceptors (Lipinski definition) is 4. The third kappa shape index (κ3) is 0.680. The second-order valence-electron chi connectivity index (χ2n) is 1.67. The molecule has 10 heavy (non-hydrogen) atoms. The molecule has 1 N–H and O–H groups in total. The molecule has 0 atom stereocenters. The third-order valence-electron chi connectivity index (χ3n) is 1.06. The molecule has 0 bridgehead atoms. The standard InChI is InChI=1S/C5H3N4O/c1-2-6-8-4(1)5-3-7-9-10-5/h1-2H,(H,6,8). The molecule has 0 unspecified atom stereocenters. The van der Waals surface area contributed by atoms with Crippen LogP contribution in [-0.2, 0) is 0 Å². The molecule has 1 radical (unpaired) electrons. The van der Waals surface area contributed by atoms with Crippen molar-refractivity contribution in [1.29, 1.82) is 0 Å². The van der Waals surface area contributed by atoms with Crippen molar-refractivity contribution >= 4 is 0 Å². The van der Waals surface area contributed by atoms with Crippen molar-refractivity contribution in [1.82, 2.24) is 20.6 Å². The van der Waals surface area contributed by atoms with Crippen LogP contribution < -0.4 is 0 Å². The van der Waals surface area contributed by atoms with Crippen molar-refractivity contribution in [2.75, 3.05) is 0 Å². The molecule has 2 rings (SSSR count). The predicted octanol–water partition coefficient (Wildman–Crippen LogP) is 0.260. The van der Waals surface area contributed by atoms with Crippen LogP contribution in [-0.4, -0.2) is 20.6 Å². The zero-order chi connectivity index (χ0) is 6.81. The summed E-state index contributed by atoms with van der Waals surface area (Å²) < 4.78 is 4.68. The van der Waals surface area contributed by atoms with E-state index in [0.29, 0.717) is 11.5 Å². The first kappa shape index (κ1) is 5.16. The molecule has 0 saturated heterocycles. The van der Waals surface area contributed by atoms with Crippen LogP contribution in [0.3, 0.4) is 0 Å². The van der Waals surface area contributed by atoms with Gasteiger partial charge >= 0.3 is 0 Å². The molecule has 2 aromatic rings. The number of hydrogen-bond donors (Lipinski definition) is 1. The van der Waals surface area contributed by atoms with Gasteiger partial charge in [-0.15, -0.1) is 5.10 Å². The first-order valence-electron chi connectivity index (χ1n) is 2.67. The van der Waals surface area contributed by atoms with Crippen LogP contribution in [0.25, 0.3) is 11.5 Å². The van der Waals surface area contributed by atoms with Crippen molar-refractivity contribution in [2.24, 2.45) is 0 Å². The van der Waals surface area contributed by atoms with Gasteiger partial charge in [-0.05, 0) is 6.07 Å². The van der Waals surface area contributed by atoms with E-state index in [1.165, 1.54) is 0 Å². The fourth-order valence-electron chi connectivity index (χ4n) is 0.638. The Hall–Kier alpha value is -1.65. The molecule has 2 heterocycles. The Morgan fingerprint density at radius 3 is 3.20 bits per heavy atom. The van der Waals surface area contributed by atoms with E-state index in [-0.39, 0.29) is 0 Å². The fraction of sp³-hybridized carbons (Fsp3) is 0. The molecule has 0 amide bonds. The molecule has 2 aromatic heterocycles. The van der Waals surface area contributed by atoms with Gasteiger partial charge in [0.25, 0.3) is 0 Å². The van der Waals surface area contributed by atoms with Gasteiger partial charge in [0, 0.05) is 11.5 Å². The van der Waals surface area contributed by atoms with Crippen molar-refractivity contribution in [3.63, 3.8) is 0 Å². The Labute approximate surface area is 56.0 Å². The van der Waals surface area contributed by atoms with E-state index >= 15 is 0 Å². The normalized spacial score (nSPS) is 10.0. The Morgan fingerprint density at radius 2 is 2.60 bits per heavy atom. The summed E-state index contributed by atoms with van der Waals surface area (Å²) in [6, 6.07) is 1.75. The van der Waals surface area contributed by atoms with E-state index in [2.05, 4.69) is 31.3 Å². The van der Waals surface area contributed by atoms with Gasteiger partial charge in [0.05, 0.1) is 0 Å². The summed E-state index contributed by atoms with van der Waals surface area (Å²) in [5.41, 5.74) is 0.657. The second-order valence-corrected chi connectivity index (χ2v) is 1.67. The topological polar surface area (TPSA) is 67.6 Å². The monoisotopic (exact) mass is 135 g/mol. The zero-order valence-corrected chi connectivity index (χ0v) is 4.90. The van der Waals surface area contributed by atoms with Crippen LogP contribution in [0.15, 0.2) is 16.8 Å². The highest BCUT2D eigenvalue weighted by molar-refractivity contribution is 5.47. The zero-order valence-electron chi connectivity index (χ0n) is 4.90. The maximum atomic E-state index is 4.68. The largest absolute Gasteiger partial charge is 0.334 e. The van der Waals surface area contributed by atoms with Crippen molar-refractivity contribution in [2.45, 2.75) is 0 Å². The van der Waals surface area contributed by atoms with Crippen molar-refractivity contribution in [3.8, 4) is 11.5 Å². The number of nitrogens with one attached hydrogen (secondary N) is 1. The lowest BCUT2D eigenvalue weighted by molar-refractivity contribution is 0.402. The first-order chi connectivity index (χ1) is 4.97. The Kier molecular flexibility index (Phi) is 1.00. The third-order valence-corrected chi connectivity index (χ3v) is 1.06. The van der Waals surface area contributed by atoms with Crippen LogP contribution in [0.4, 0.5) is 0 Å². The number of nitrogens with zero attached hydrogens (tertiary/aromatic N) is 3. The van der Waals surface area contributed by atoms with E-state index in [9.17, 15) is 0 Å². The van der Waals surface area contributed by atoms with E-state index in [4.69, 9.17) is 0 Å². The van der Waals surface area contributed by atoms with Crippen LogP contribution in [0, 0.1) is 6.20 Å². The summed E-state index contributed by atoms with van der Waals surface area (Å²) in [6.07, 6.45) is 4.22. The summed E-state index contributed by atoms with van der Waals surface area (Å²) in [5, 5.41) is 13.1. The second kappa shape index (κ2) is 1.94. The molecule has 5 heteroatoms. The van der Waals surface area contributed by atoms with E-state index in [0.717, 1.165) is 0 Å². The minimum Gasteiger partial charge on any atom is -0.334 e. The van der Waals surface area contributed by atoms with Crippen LogP contribution in [0.1, 0.15) is 0 Å². The lowest BCUT2D eigenvalue weighted by atomic mass is 10.4. The Bertz CT molecular complexity index is 253. The Morgan fingerprint density at radius 1 is 1.60 bits per heavy atom. The number of aromatic amines is 1. The molecule has 0 aliphatic heterocycles. The minimum absolute atomic E-state index is 0.446. The smallest absolute Gasteiger partial charge is 0.217 e. The average Bonchev–Trinajstić information content (AvgIpc) is 2.59. The van der Waals surface area contributed by atoms with Crippen LogP contribution in [0.5, 0.6) is 0 Å². The maximum Gasteiger partial charge on any atom is 0.217 e. The van der Waals surface area contributed by atoms with E-state index in [1.54, 1.807) is 12.3 Å². The van der Waals surface area contributed by atoms with Gasteiger partial charge in [-0.1, -0.05) is 0 Å².